The molecule has 4 heteroatoms. The maximum absolute atomic E-state index is 6.13. The van der Waals surface area contributed by atoms with E-state index < -0.39 is 0 Å². The van der Waals surface area contributed by atoms with Gasteiger partial charge < -0.3 is 15.2 Å². The van der Waals surface area contributed by atoms with Gasteiger partial charge in [0, 0.05) is 21.6 Å². The van der Waals surface area contributed by atoms with Crippen LogP contribution in [0.25, 0.3) is 0 Å². The standard InChI is InChI=1S/C17H20BrNO2/c1-3-16(19)14-6-4-5-7-17(14)21-11-12-10-13(20-2)8-9-15(12)18/h4-10,16H,3,11,19H2,1-2H3. The van der Waals surface area contributed by atoms with Crippen molar-refractivity contribution in [3.05, 3.63) is 58.1 Å². The zero-order chi connectivity index (χ0) is 15.2. The van der Waals surface area contributed by atoms with Crippen LogP contribution >= 0.6 is 15.9 Å². The summed E-state index contributed by atoms with van der Waals surface area (Å²) in [5, 5.41) is 0. The third-order valence-corrected chi connectivity index (χ3v) is 4.17. The molecular weight excluding hydrogens is 330 g/mol. The second-order valence-corrected chi connectivity index (χ2v) is 5.65. The number of rotatable bonds is 6. The molecule has 112 valence electrons. The molecule has 0 fully saturated rings. The Hall–Kier alpha value is -1.52. The summed E-state index contributed by atoms with van der Waals surface area (Å²) in [4.78, 5) is 0. The Bertz CT molecular complexity index is 601. The van der Waals surface area contributed by atoms with Gasteiger partial charge in [0.25, 0.3) is 0 Å². The SMILES string of the molecule is CCC(N)c1ccccc1OCc1cc(OC)ccc1Br. The fraction of sp³-hybridized carbons (Fsp3) is 0.294. The zero-order valence-electron chi connectivity index (χ0n) is 12.3. The van der Waals surface area contributed by atoms with E-state index in [0.29, 0.717) is 6.61 Å². The van der Waals surface area contributed by atoms with E-state index in [0.717, 1.165) is 33.5 Å². The Morgan fingerprint density at radius 1 is 1.19 bits per heavy atom. The Morgan fingerprint density at radius 3 is 2.67 bits per heavy atom. The molecule has 21 heavy (non-hydrogen) atoms. The lowest BCUT2D eigenvalue weighted by Crippen LogP contribution is -2.10. The topological polar surface area (TPSA) is 44.5 Å². The monoisotopic (exact) mass is 349 g/mol. The van der Waals surface area contributed by atoms with Crippen LogP contribution < -0.4 is 15.2 Å². The zero-order valence-corrected chi connectivity index (χ0v) is 13.9. The Morgan fingerprint density at radius 2 is 1.95 bits per heavy atom. The molecule has 2 aromatic carbocycles. The number of para-hydroxylation sites is 1. The van der Waals surface area contributed by atoms with Gasteiger partial charge in [-0.1, -0.05) is 41.1 Å². The highest BCUT2D eigenvalue weighted by Gasteiger charge is 2.11. The predicted octanol–water partition coefficient (Wildman–Crippen LogP) is 4.45. The minimum atomic E-state index is -0.00468. The highest BCUT2D eigenvalue weighted by molar-refractivity contribution is 9.10. The fourth-order valence-corrected chi connectivity index (χ4v) is 2.44. The molecule has 0 aromatic heterocycles. The summed E-state index contributed by atoms with van der Waals surface area (Å²) in [6.45, 7) is 2.53. The van der Waals surface area contributed by atoms with Crippen LogP contribution in [-0.4, -0.2) is 7.11 Å². The summed E-state index contributed by atoms with van der Waals surface area (Å²) >= 11 is 3.53. The van der Waals surface area contributed by atoms with E-state index in [1.165, 1.54) is 0 Å². The molecule has 0 aliphatic heterocycles. The van der Waals surface area contributed by atoms with E-state index in [-0.39, 0.29) is 6.04 Å². The van der Waals surface area contributed by atoms with Crippen LogP contribution in [-0.2, 0) is 6.61 Å². The molecule has 0 amide bonds. The highest BCUT2D eigenvalue weighted by Crippen LogP contribution is 2.28. The average Bonchev–Trinajstić information content (AvgIpc) is 2.53. The minimum absolute atomic E-state index is 0.00468. The van der Waals surface area contributed by atoms with Crippen LogP contribution in [0, 0.1) is 0 Å². The Labute approximate surface area is 134 Å². The fourth-order valence-electron chi connectivity index (χ4n) is 2.08. The molecule has 0 saturated heterocycles. The van der Waals surface area contributed by atoms with Crippen LogP contribution in [0.5, 0.6) is 11.5 Å². The van der Waals surface area contributed by atoms with Crippen molar-refractivity contribution in [3.63, 3.8) is 0 Å². The maximum atomic E-state index is 6.13. The minimum Gasteiger partial charge on any atom is -0.497 e. The van der Waals surface area contributed by atoms with Gasteiger partial charge in [-0.25, -0.2) is 0 Å². The Kier molecular flexibility index (Phi) is 5.65. The van der Waals surface area contributed by atoms with E-state index >= 15 is 0 Å². The van der Waals surface area contributed by atoms with Crippen molar-refractivity contribution >= 4 is 15.9 Å². The van der Waals surface area contributed by atoms with Crippen LogP contribution in [0.1, 0.15) is 30.5 Å². The van der Waals surface area contributed by atoms with E-state index in [1.54, 1.807) is 7.11 Å². The van der Waals surface area contributed by atoms with Crippen molar-refractivity contribution in [3.8, 4) is 11.5 Å². The second kappa shape index (κ2) is 7.48. The molecule has 0 aliphatic carbocycles. The maximum Gasteiger partial charge on any atom is 0.124 e. The van der Waals surface area contributed by atoms with Crippen LogP contribution in [0.4, 0.5) is 0 Å². The van der Waals surface area contributed by atoms with Crippen molar-refractivity contribution in [1.29, 1.82) is 0 Å². The molecule has 0 spiro atoms. The van der Waals surface area contributed by atoms with Crippen molar-refractivity contribution in [2.45, 2.75) is 26.0 Å². The molecular formula is C17H20BrNO2. The van der Waals surface area contributed by atoms with Gasteiger partial charge in [0.15, 0.2) is 0 Å². The molecule has 0 bridgehead atoms. The number of benzene rings is 2. The van der Waals surface area contributed by atoms with Gasteiger partial charge in [-0.2, -0.15) is 0 Å². The quantitative estimate of drug-likeness (QED) is 0.837. The van der Waals surface area contributed by atoms with Gasteiger partial charge in [-0.05, 0) is 30.7 Å². The van der Waals surface area contributed by atoms with E-state index in [2.05, 4.69) is 22.9 Å². The molecule has 0 aliphatic rings. The summed E-state index contributed by atoms with van der Waals surface area (Å²) < 4.78 is 12.2. The van der Waals surface area contributed by atoms with E-state index in [9.17, 15) is 0 Å². The largest absolute Gasteiger partial charge is 0.497 e. The van der Waals surface area contributed by atoms with Crippen molar-refractivity contribution in [1.82, 2.24) is 0 Å². The molecule has 1 atom stereocenters. The third kappa shape index (κ3) is 3.99. The van der Waals surface area contributed by atoms with Gasteiger partial charge >= 0.3 is 0 Å². The molecule has 3 nitrogen and oxygen atoms in total. The third-order valence-electron chi connectivity index (χ3n) is 3.39. The van der Waals surface area contributed by atoms with Gasteiger partial charge in [-0.15, -0.1) is 0 Å². The first kappa shape index (κ1) is 15.9. The van der Waals surface area contributed by atoms with Crippen LogP contribution in [0.15, 0.2) is 46.9 Å². The van der Waals surface area contributed by atoms with Gasteiger partial charge in [-0.3, -0.25) is 0 Å². The number of methoxy groups -OCH3 is 1. The number of halogens is 1. The predicted molar refractivity (Wildman–Crippen MR) is 88.7 cm³/mol. The number of nitrogens with two attached hydrogens (primary N) is 1. The highest BCUT2D eigenvalue weighted by atomic mass is 79.9. The lowest BCUT2D eigenvalue weighted by molar-refractivity contribution is 0.299. The number of hydrogen-bond donors (Lipinski definition) is 1. The van der Waals surface area contributed by atoms with Crippen molar-refractivity contribution in [2.75, 3.05) is 7.11 Å². The van der Waals surface area contributed by atoms with E-state index in [4.69, 9.17) is 15.2 Å². The van der Waals surface area contributed by atoms with Crippen molar-refractivity contribution < 1.29 is 9.47 Å². The first-order valence-corrected chi connectivity index (χ1v) is 7.74. The van der Waals surface area contributed by atoms with Gasteiger partial charge in [0.2, 0.25) is 0 Å². The first-order chi connectivity index (χ1) is 10.2. The van der Waals surface area contributed by atoms with Crippen molar-refractivity contribution in [2.24, 2.45) is 5.73 Å². The smallest absolute Gasteiger partial charge is 0.124 e. The summed E-state index contributed by atoms with van der Waals surface area (Å²) in [6, 6.07) is 13.8. The Balaban J connectivity index is 2.17. The molecule has 2 N–H and O–H groups in total. The summed E-state index contributed by atoms with van der Waals surface area (Å²) in [5.74, 6) is 1.65. The van der Waals surface area contributed by atoms with Crippen LogP contribution in [0.3, 0.4) is 0 Å². The van der Waals surface area contributed by atoms with E-state index in [1.807, 2.05) is 42.5 Å². The van der Waals surface area contributed by atoms with Crippen LogP contribution in [0.2, 0.25) is 0 Å². The second-order valence-electron chi connectivity index (χ2n) is 4.80. The number of ether oxygens (including phenoxy) is 2. The summed E-state index contributed by atoms with van der Waals surface area (Å²) in [5.41, 5.74) is 8.21. The molecule has 0 heterocycles. The molecule has 0 radical (unpaired) electrons. The molecule has 0 saturated carbocycles. The lowest BCUT2D eigenvalue weighted by atomic mass is 10.0. The molecule has 2 rings (SSSR count). The summed E-state index contributed by atoms with van der Waals surface area (Å²) in [6.07, 6.45) is 0.878. The molecule has 2 aromatic rings. The van der Waals surface area contributed by atoms with Gasteiger partial charge in [0.1, 0.15) is 18.1 Å². The normalized spacial score (nSPS) is 12.0. The molecule has 1 unspecified atom stereocenters. The first-order valence-electron chi connectivity index (χ1n) is 6.95. The average molecular weight is 350 g/mol. The number of hydrogen-bond acceptors (Lipinski definition) is 3. The lowest BCUT2D eigenvalue weighted by Gasteiger charge is -2.16. The van der Waals surface area contributed by atoms with Gasteiger partial charge in [0.05, 0.1) is 7.11 Å². The summed E-state index contributed by atoms with van der Waals surface area (Å²) in [7, 11) is 1.66.